The standard InChI is InChI=1S/C19H18BrFN2O3S/c20-17-3-1-2-4-18(17)27(25,26)23-13-11-22(12-14-23)19(24)10-7-15-5-8-16(21)9-6-15/h1-10H,11-14H2/b10-7+. The van der Waals surface area contributed by atoms with E-state index in [9.17, 15) is 17.6 Å². The average molecular weight is 453 g/mol. The minimum absolute atomic E-state index is 0.197. The van der Waals surface area contributed by atoms with Gasteiger partial charge in [-0.3, -0.25) is 4.79 Å². The van der Waals surface area contributed by atoms with Crippen LogP contribution in [0.3, 0.4) is 0 Å². The van der Waals surface area contributed by atoms with Crippen LogP contribution in [-0.4, -0.2) is 49.7 Å². The second-order valence-electron chi connectivity index (χ2n) is 6.04. The number of hydrogen-bond donors (Lipinski definition) is 0. The number of amides is 1. The van der Waals surface area contributed by atoms with Crippen molar-refractivity contribution in [2.45, 2.75) is 4.90 Å². The van der Waals surface area contributed by atoms with Crippen molar-refractivity contribution in [1.29, 1.82) is 0 Å². The number of carbonyl (C=O) groups excluding carboxylic acids is 1. The first-order valence-corrected chi connectivity index (χ1v) is 10.6. The maximum Gasteiger partial charge on any atom is 0.246 e. The lowest BCUT2D eigenvalue weighted by Crippen LogP contribution is -2.50. The maximum atomic E-state index is 12.9. The van der Waals surface area contributed by atoms with E-state index in [1.807, 2.05) is 0 Å². The highest BCUT2D eigenvalue weighted by Gasteiger charge is 2.30. The van der Waals surface area contributed by atoms with Crippen LogP contribution < -0.4 is 0 Å². The summed E-state index contributed by atoms with van der Waals surface area (Å²) in [5.41, 5.74) is 0.722. The predicted octanol–water partition coefficient (Wildman–Crippen LogP) is 3.13. The van der Waals surface area contributed by atoms with Gasteiger partial charge in [0.2, 0.25) is 15.9 Å². The number of halogens is 2. The predicted molar refractivity (Wildman–Crippen MR) is 105 cm³/mol. The van der Waals surface area contributed by atoms with E-state index in [0.29, 0.717) is 17.6 Å². The van der Waals surface area contributed by atoms with Crippen molar-refractivity contribution in [3.8, 4) is 0 Å². The van der Waals surface area contributed by atoms with E-state index in [2.05, 4.69) is 15.9 Å². The Morgan fingerprint density at radius 3 is 2.26 bits per heavy atom. The Hall–Kier alpha value is -2.03. The van der Waals surface area contributed by atoms with E-state index in [-0.39, 0.29) is 29.7 Å². The molecule has 0 atom stereocenters. The SMILES string of the molecule is O=C(/C=C/c1ccc(F)cc1)N1CCN(S(=O)(=O)c2ccccc2Br)CC1. The van der Waals surface area contributed by atoms with Gasteiger partial charge in [0, 0.05) is 36.7 Å². The molecule has 0 N–H and O–H groups in total. The summed E-state index contributed by atoms with van der Waals surface area (Å²) >= 11 is 3.28. The molecular weight excluding hydrogens is 435 g/mol. The number of hydrogen-bond acceptors (Lipinski definition) is 3. The number of carbonyl (C=O) groups is 1. The Bertz CT molecular complexity index is 953. The van der Waals surface area contributed by atoms with Gasteiger partial charge in [0.15, 0.2) is 0 Å². The van der Waals surface area contributed by atoms with Crippen molar-refractivity contribution < 1.29 is 17.6 Å². The maximum absolute atomic E-state index is 12.9. The minimum Gasteiger partial charge on any atom is -0.337 e. The number of nitrogens with zero attached hydrogens (tertiary/aromatic N) is 2. The molecule has 5 nitrogen and oxygen atoms in total. The quantitative estimate of drug-likeness (QED) is 0.669. The smallest absolute Gasteiger partial charge is 0.246 e. The van der Waals surface area contributed by atoms with Crippen molar-refractivity contribution in [1.82, 2.24) is 9.21 Å². The first-order chi connectivity index (χ1) is 12.9. The molecule has 142 valence electrons. The summed E-state index contributed by atoms with van der Waals surface area (Å²) in [5, 5.41) is 0. The fourth-order valence-corrected chi connectivity index (χ4v) is 5.17. The molecule has 0 aromatic heterocycles. The largest absolute Gasteiger partial charge is 0.337 e. The summed E-state index contributed by atoms with van der Waals surface area (Å²) in [6.45, 7) is 1.10. The highest BCUT2D eigenvalue weighted by atomic mass is 79.9. The van der Waals surface area contributed by atoms with Crippen LogP contribution in [0.5, 0.6) is 0 Å². The van der Waals surface area contributed by atoms with E-state index in [0.717, 1.165) is 5.56 Å². The monoisotopic (exact) mass is 452 g/mol. The summed E-state index contributed by atoms with van der Waals surface area (Å²) in [6.07, 6.45) is 3.04. The van der Waals surface area contributed by atoms with Crippen molar-refractivity contribution in [2.24, 2.45) is 0 Å². The van der Waals surface area contributed by atoms with E-state index in [1.54, 1.807) is 47.4 Å². The third-order valence-corrected chi connectivity index (χ3v) is 7.20. The van der Waals surface area contributed by atoms with Crippen molar-refractivity contribution >= 4 is 37.9 Å². The first kappa shape index (κ1) is 19.7. The molecule has 2 aromatic carbocycles. The van der Waals surface area contributed by atoms with Gasteiger partial charge in [0.1, 0.15) is 5.82 Å². The Balaban J connectivity index is 1.62. The van der Waals surface area contributed by atoms with E-state index < -0.39 is 10.0 Å². The zero-order chi connectivity index (χ0) is 19.4. The highest BCUT2D eigenvalue weighted by molar-refractivity contribution is 9.10. The Morgan fingerprint density at radius 1 is 1.00 bits per heavy atom. The van der Waals surface area contributed by atoms with Gasteiger partial charge in [-0.15, -0.1) is 0 Å². The zero-order valence-electron chi connectivity index (χ0n) is 14.4. The molecule has 0 saturated carbocycles. The Morgan fingerprint density at radius 2 is 1.63 bits per heavy atom. The number of piperazine rings is 1. The van der Waals surface area contributed by atoms with E-state index in [4.69, 9.17) is 0 Å². The summed E-state index contributed by atoms with van der Waals surface area (Å²) in [6, 6.07) is 12.5. The van der Waals surface area contributed by atoms with Gasteiger partial charge in [0.25, 0.3) is 0 Å². The molecule has 0 bridgehead atoms. The third-order valence-electron chi connectivity index (χ3n) is 4.29. The van der Waals surface area contributed by atoms with Gasteiger partial charge in [-0.25, -0.2) is 12.8 Å². The lowest BCUT2D eigenvalue weighted by atomic mass is 10.2. The highest BCUT2D eigenvalue weighted by Crippen LogP contribution is 2.25. The first-order valence-electron chi connectivity index (χ1n) is 8.35. The Kier molecular flexibility index (Phi) is 6.08. The molecule has 0 spiro atoms. The van der Waals surface area contributed by atoms with Crippen LogP contribution in [0.15, 0.2) is 64.0 Å². The van der Waals surface area contributed by atoms with Gasteiger partial charge in [-0.05, 0) is 51.8 Å². The molecule has 1 saturated heterocycles. The summed E-state index contributed by atoms with van der Waals surface area (Å²) in [4.78, 5) is 14.1. The molecule has 1 aliphatic heterocycles. The molecule has 0 unspecified atom stereocenters. The van der Waals surface area contributed by atoms with Gasteiger partial charge >= 0.3 is 0 Å². The van der Waals surface area contributed by atoms with E-state index >= 15 is 0 Å². The molecule has 1 heterocycles. The van der Waals surface area contributed by atoms with Crippen LogP contribution in [-0.2, 0) is 14.8 Å². The molecule has 0 radical (unpaired) electrons. The second-order valence-corrected chi connectivity index (χ2v) is 8.81. The molecule has 1 amide bonds. The van der Waals surface area contributed by atoms with Crippen molar-refractivity contribution in [3.05, 3.63) is 70.5 Å². The Labute approximate surface area is 166 Å². The molecule has 2 aromatic rings. The molecule has 0 aliphatic carbocycles. The molecular formula is C19H18BrFN2O3S. The van der Waals surface area contributed by atoms with E-state index in [1.165, 1.54) is 22.5 Å². The number of sulfonamides is 1. The average Bonchev–Trinajstić information content (AvgIpc) is 2.67. The van der Waals surface area contributed by atoms with Crippen LogP contribution >= 0.6 is 15.9 Å². The molecule has 27 heavy (non-hydrogen) atoms. The molecule has 3 rings (SSSR count). The van der Waals surface area contributed by atoms with Gasteiger partial charge in [-0.1, -0.05) is 24.3 Å². The fourth-order valence-electron chi connectivity index (χ4n) is 2.79. The lowest BCUT2D eigenvalue weighted by Gasteiger charge is -2.33. The van der Waals surface area contributed by atoms with Crippen molar-refractivity contribution in [2.75, 3.05) is 26.2 Å². The lowest BCUT2D eigenvalue weighted by molar-refractivity contribution is -0.127. The fraction of sp³-hybridized carbons (Fsp3) is 0.211. The minimum atomic E-state index is -3.61. The molecule has 1 fully saturated rings. The number of rotatable bonds is 4. The topological polar surface area (TPSA) is 57.7 Å². The van der Waals surface area contributed by atoms with Crippen LogP contribution in [0.2, 0.25) is 0 Å². The number of benzene rings is 2. The zero-order valence-corrected chi connectivity index (χ0v) is 16.8. The van der Waals surface area contributed by atoms with Crippen LogP contribution in [0.4, 0.5) is 4.39 Å². The van der Waals surface area contributed by atoms with Crippen LogP contribution in [0.25, 0.3) is 6.08 Å². The second kappa shape index (κ2) is 8.33. The normalized spacial score (nSPS) is 16.0. The summed E-state index contributed by atoms with van der Waals surface area (Å²) in [5.74, 6) is -0.530. The molecule has 8 heteroatoms. The summed E-state index contributed by atoms with van der Waals surface area (Å²) < 4.78 is 40.4. The third kappa shape index (κ3) is 4.63. The molecule has 1 aliphatic rings. The van der Waals surface area contributed by atoms with Crippen LogP contribution in [0, 0.1) is 5.82 Å². The van der Waals surface area contributed by atoms with Crippen LogP contribution in [0.1, 0.15) is 5.56 Å². The van der Waals surface area contributed by atoms with Gasteiger partial charge in [0.05, 0.1) is 4.90 Å². The van der Waals surface area contributed by atoms with Gasteiger partial charge < -0.3 is 4.90 Å². The van der Waals surface area contributed by atoms with Gasteiger partial charge in [-0.2, -0.15) is 4.31 Å². The summed E-state index contributed by atoms with van der Waals surface area (Å²) in [7, 11) is -3.61. The van der Waals surface area contributed by atoms with Crippen molar-refractivity contribution in [3.63, 3.8) is 0 Å².